The highest BCUT2D eigenvalue weighted by atomic mass is 16.1. The lowest BCUT2D eigenvalue weighted by Gasteiger charge is -2.18. The summed E-state index contributed by atoms with van der Waals surface area (Å²) in [6, 6.07) is 7.95. The minimum Gasteiger partial charge on any atom is -0.385 e. The molecule has 106 valence electrons. The van der Waals surface area contributed by atoms with E-state index in [1.807, 2.05) is 6.07 Å². The van der Waals surface area contributed by atoms with Crippen LogP contribution in [-0.4, -0.2) is 26.1 Å². The molecule has 7 nitrogen and oxygen atoms in total. The van der Waals surface area contributed by atoms with E-state index in [4.69, 9.17) is 0 Å². The van der Waals surface area contributed by atoms with Crippen LogP contribution in [0.3, 0.4) is 0 Å². The molecule has 4 rings (SSSR count). The Morgan fingerprint density at radius 1 is 1.29 bits per heavy atom. The maximum absolute atomic E-state index is 11.4. The average Bonchev–Trinajstić information content (AvgIpc) is 2.88. The molecule has 3 aromatic rings. The highest BCUT2D eigenvalue weighted by Crippen LogP contribution is 2.26. The third-order valence-corrected chi connectivity index (χ3v) is 3.63. The number of anilines is 3. The van der Waals surface area contributed by atoms with Crippen LogP contribution in [0.25, 0.3) is 5.65 Å². The molecule has 1 aliphatic rings. The Labute approximate surface area is 120 Å². The van der Waals surface area contributed by atoms with Crippen molar-refractivity contribution >= 4 is 22.8 Å². The van der Waals surface area contributed by atoms with Crippen molar-refractivity contribution in [2.45, 2.75) is 12.8 Å². The summed E-state index contributed by atoms with van der Waals surface area (Å²) in [5.74, 6) is 0.658. The van der Waals surface area contributed by atoms with E-state index in [9.17, 15) is 4.79 Å². The smallest absolute Gasteiger partial charge is 0.348 e. The number of aromatic nitrogens is 4. The molecule has 0 radical (unpaired) electrons. The molecule has 0 bridgehead atoms. The normalized spacial score (nSPS) is 13.7. The third-order valence-electron chi connectivity index (χ3n) is 3.63. The molecule has 0 saturated carbocycles. The molecule has 2 aromatic heterocycles. The summed E-state index contributed by atoms with van der Waals surface area (Å²) in [6.07, 6.45) is 3.69. The van der Waals surface area contributed by atoms with E-state index in [-0.39, 0.29) is 5.69 Å². The molecule has 1 aliphatic heterocycles. The fourth-order valence-electron chi connectivity index (χ4n) is 2.58. The maximum Gasteiger partial charge on any atom is 0.348 e. The molecular formula is C14H14N6O. The molecule has 0 unspecified atom stereocenters. The second-order valence-electron chi connectivity index (χ2n) is 5.06. The van der Waals surface area contributed by atoms with Gasteiger partial charge in [0.2, 0.25) is 0 Å². The maximum atomic E-state index is 11.4. The van der Waals surface area contributed by atoms with E-state index < -0.39 is 0 Å². The Balaban J connectivity index is 1.66. The molecule has 21 heavy (non-hydrogen) atoms. The summed E-state index contributed by atoms with van der Waals surface area (Å²) in [6.45, 7) is 1.03. The zero-order valence-corrected chi connectivity index (χ0v) is 11.3. The Kier molecular flexibility index (Phi) is 2.63. The average molecular weight is 282 g/mol. The van der Waals surface area contributed by atoms with Gasteiger partial charge in [0.1, 0.15) is 12.1 Å². The fraction of sp³-hybridized carbons (Fsp3) is 0.214. The zero-order valence-electron chi connectivity index (χ0n) is 11.3. The molecular weight excluding hydrogens is 268 g/mol. The van der Waals surface area contributed by atoms with Crippen molar-refractivity contribution in [2.75, 3.05) is 17.2 Å². The predicted molar refractivity (Wildman–Crippen MR) is 80.1 cm³/mol. The van der Waals surface area contributed by atoms with Gasteiger partial charge in [-0.3, -0.25) is 0 Å². The van der Waals surface area contributed by atoms with Crippen molar-refractivity contribution < 1.29 is 0 Å². The van der Waals surface area contributed by atoms with Crippen LogP contribution in [-0.2, 0) is 6.42 Å². The van der Waals surface area contributed by atoms with Gasteiger partial charge >= 0.3 is 5.69 Å². The monoisotopic (exact) mass is 282 g/mol. The number of hydrogen-bond acceptors (Lipinski definition) is 5. The van der Waals surface area contributed by atoms with E-state index >= 15 is 0 Å². The summed E-state index contributed by atoms with van der Waals surface area (Å²) in [5.41, 5.74) is 3.74. The minimum absolute atomic E-state index is 0.288. The fourth-order valence-corrected chi connectivity index (χ4v) is 2.58. The molecule has 3 N–H and O–H groups in total. The van der Waals surface area contributed by atoms with Gasteiger partial charge in [-0.05, 0) is 36.6 Å². The predicted octanol–water partition coefficient (Wildman–Crippen LogP) is 1.52. The standard InChI is InChI=1S/C14H14N6O/c21-14-19-18-13-7-12(16-8-20(13)14)17-10-3-4-11-9(6-10)2-1-5-15-11/h3-4,6-8,15,17H,1-2,5H2,(H,19,21). The van der Waals surface area contributed by atoms with Crippen LogP contribution in [0.2, 0.25) is 0 Å². The van der Waals surface area contributed by atoms with Crippen LogP contribution in [0.1, 0.15) is 12.0 Å². The summed E-state index contributed by atoms with van der Waals surface area (Å²) in [5, 5.41) is 12.9. The van der Waals surface area contributed by atoms with Gasteiger partial charge in [-0.1, -0.05) is 0 Å². The van der Waals surface area contributed by atoms with E-state index in [1.54, 1.807) is 6.07 Å². The van der Waals surface area contributed by atoms with Crippen molar-refractivity contribution in [3.63, 3.8) is 0 Å². The molecule has 0 atom stereocenters. The van der Waals surface area contributed by atoms with Crippen LogP contribution in [0.4, 0.5) is 17.2 Å². The van der Waals surface area contributed by atoms with Crippen molar-refractivity contribution in [2.24, 2.45) is 0 Å². The SMILES string of the molecule is O=c1[nH]nc2cc(Nc3ccc4c(c3)CCCN4)ncn12. The molecule has 7 heteroatoms. The summed E-state index contributed by atoms with van der Waals surface area (Å²) >= 11 is 0. The number of nitrogens with one attached hydrogen (secondary N) is 3. The van der Waals surface area contributed by atoms with Gasteiger partial charge in [0.05, 0.1) is 0 Å². The lowest BCUT2D eigenvalue weighted by molar-refractivity contribution is 0.830. The van der Waals surface area contributed by atoms with Crippen LogP contribution < -0.4 is 16.3 Å². The Morgan fingerprint density at radius 3 is 3.19 bits per heavy atom. The first kappa shape index (κ1) is 12.0. The lowest BCUT2D eigenvalue weighted by Crippen LogP contribution is -2.12. The number of H-pyrrole nitrogens is 1. The molecule has 0 fully saturated rings. The van der Waals surface area contributed by atoms with Gasteiger partial charge in [0.15, 0.2) is 5.65 Å². The lowest BCUT2D eigenvalue weighted by atomic mass is 10.0. The molecule has 0 saturated heterocycles. The van der Waals surface area contributed by atoms with Gasteiger partial charge in [-0.2, -0.15) is 5.10 Å². The van der Waals surface area contributed by atoms with Crippen LogP contribution >= 0.6 is 0 Å². The minimum atomic E-state index is -0.288. The molecule has 0 aliphatic carbocycles. The second-order valence-corrected chi connectivity index (χ2v) is 5.06. The zero-order chi connectivity index (χ0) is 14.2. The summed E-state index contributed by atoms with van der Waals surface area (Å²) in [7, 11) is 0. The molecule has 0 spiro atoms. The Hall–Kier alpha value is -2.83. The number of aryl methyl sites for hydroxylation is 1. The molecule has 1 aromatic carbocycles. The van der Waals surface area contributed by atoms with Crippen molar-refractivity contribution in [3.8, 4) is 0 Å². The first-order chi connectivity index (χ1) is 10.3. The first-order valence-corrected chi connectivity index (χ1v) is 6.86. The Morgan fingerprint density at radius 2 is 2.24 bits per heavy atom. The van der Waals surface area contributed by atoms with Crippen molar-refractivity contribution in [1.29, 1.82) is 0 Å². The van der Waals surface area contributed by atoms with Gasteiger partial charge in [-0.25, -0.2) is 19.3 Å². The van der Waals surface area contributed by atoms with E-state index in [0.29, 0.717) is 11.5 Å². The van der Waals surface area contributed by atoms with Crippen LogP contribution in [0.15, 0.2) is 35.4 Å². The van der Waals surface area contributed by atoms with Crippen LogP contribution in [0, 0.1) is 0 Å². The summed E-state index contributed by atoms with van der Waals surface area (Å²) in [4.78, 5) is 15.6. The number of nitrogens with zero attached hydrogens (tertiary/aromatic N) is 3. The molecule has 3 heterocycles. The highest BCUT2D eigenvalue weighted by Gasteiger charge is 2.09. The topological polar surface area (TPSA) is 87.1 Å². The second kappa shape index (κ2) is 4.62. The van der Waals surface area contributed by atoms with Crippen molar-refractivity contribution in [3.05, 3.63) is 46.6 Å². The highest BCUT2D eigenvalue weighted by molar-refractivity contribution is 5.65. The van der Waals surface area contributed by atoms with E-state index in [2.05, 4.69) is 37.9 Å². The van der Waals surface area contributed by atoms with Gasteiger partial charge in [0, 0.05) is 24.0 Å². The number of aromatic amines is 1. The van der Waals surface area contributed by atoms with E-state index in [0.717, 1.165) is 25.1 Å². The van der Waals surface area contributed by atoms with Crippen LogP contribution in [0.5, 0.6) is 0 Å². The van der Waals surface area contributed by atoms with Gasteiger partial charge in [-0.15, -0.1) is 0 Å². The first-order valence-electron chi connectivity index (χ1n) is 6.86. The van der Waals surface area contributed by atoms with E-state index in [1.165, 1.54) is 22.0 Å². The summed E-state index contributed by atoms with van der Waals surface area (Å²) < 4.78 is 1.36. The Bertz CT molecular complexity index is 865. The number of hydrogen-bond donors (Lipinski definition) is 3. The number of rotatable bonds is 2. The van der Waals surface area contributed by atoms with Gasteiger partial charge < -0.3 is 10.6 Å². The van der Waals surface area contributed by atoms with Gasteiger partial charge in [0.25, 0.3) is 0 Å². The number of benzene rings is 1. The number of fused-ring (bicyclic) bond motifs is 2. The van der Waals surface area contributed by atoms with Crippen molar-refractivity contribution in [1.82, 2.24) is 19.6 Å². The molecule has 0 amide bonds. The third kappa shape index (κ3) is 2.12. The largest absolute Gasteiger partial charge is 0.385 e. The quantitative estimate of drug-likeness (QED) is 0.663.